The summed E-state index contributed by atoms with van der Waals surface area (Å²) in [6.45, 7) is 5.27. The van der Waals surface area contributed by atoms with Crippen LogP contribution in [0.2, 0.25) is 0 Å². The van der Waals surface area contributed by atoms with E-state index in [1.807, 2.05) is 47.4 Å². The lowest BCUT2D eigenvalue weighted by atomic mass is 9.92. The van der Waals surface area contributed by atoms with Gasteiger partial charge in [0.15, 0.2) is 0 Å². The second kappa shape index (κ2) is 10.2. The third-order valence-electron chi connectivity index (χ3n) is 5.71. The van der Waals surface area contributed by atoms with Gasteiger partial charge in [-0.1, -0.05) is 62.4 Å². The van der Waals surface area contributed by atoms with Gasteiger partial charge in [-0.3, -0.25) is 4.90 Å². The van der Waals surface area contributed by atoms with E-state index < -0.39 is 24.5 Å². The van der Waals surface area contributed by atoms with Gasteiger partial charge >= 0.3 is 18.4 Å². The molecular weight excluding hydrogens is 462 g/mol. The van der Waals surface area contributed by atoms with Gasteiger partial charge in [0.2, 0.25) is 0 Å². The first-order valence-electron chi connectivity index (χ1n) is 10.9. The Hall–Kier alpha value is -2.75. The van der Waals surface area contributed by atoms with E-state index in [1.54, 1.807) is 0 Å². The summed E-state index contributed by atoms with van der Waals surface area (Å²) >= 11 is 0. The van der Waals surface area contributed by atoms with Crippen molar-refractivity contribution in [2.75, 3.05) is 26.2 Å². The Kier molecular flexibility index (Phi) is 7.80. The van der Waals surface area contributed by atoms with Crippen molar-refractivity contribution in [3.05, 3.63) is 59.7 Å². The molecule has 0 bridgehead atoms. The molecule has 1 aliphatic heterocycles. The van der Waals surface area contributed by atoms with Gasteiger partial charge in [-0.2, -0.15) is 26.3 Å². The third-order valence-corrected chi connectivity index (χ3v) is 5.71. The van der Waals surface area contributed by atoms with Crippen LogP contribution in [0.5, 0.6) is 0 Å². The lowest BCUT2D eigenvalue weighted by molar-refractivity contribution is -0.308. The Bertz CT molecular complexity index is 954. The fourth-order valence-corrected chi connectivity index (χ4v) is 3.91. The normalized spacial score (nSPS) is 15.8. The molecule has 0 spiro atoms. The maximum Gasteiger partial charge on any atom is 0.434 e. The first-order chi connectivity index (χ1) is 15.9. The molecule has 0 saturated carbocycles. The Labute approximate surface area is 194 Å². The molecule has 0 aromatic heterocycles. The number of halogens is 6. The zero-order valence-electron chi connectivity index (χ0n) is 18.8. The van der Waals surface area contributed by atoms with Crippen molar-refractivity contribution < 1.29 is 35.9 Å². The summed E-state index contributed by atoms with van der Waals surface area (Å²) in [6.07, 6.45) is -17.2. The highest BCUT2D eigenvalue weighted by Crippen LogP contribution is 2.36. The summed E-state index contributed by atoms with van der Waals surface area (Å²) in [5, 5.41) is 0. The van der Waals surface area contributed by atoms with Gasteiger partial charge in [0.25, 0.3) is 6.10 Å². The minimum absolute atomic E-state index is 0.0274. The van der Waals surface area contributed by atoms with Gasteiger partial charge in [-0.05, 0) is 28.2 Å². The van der Waals surface area contributed by atoms with Gasteiger partial charge in [0.1, 0.15) is 0 Å². The number of piperazine rings is 1. The summed E-state index contributed by atoms with van der Waals surface area (Å²) in [5.41, 5.74) is 4.42. The number of hydrogen-bond donors (Lipinski definition) is 0. The highest BCUT2D eigenvalue weighted by Gasteiger charge is 2.60. The predicted octanol–water partition coefficient (Wildman–Crippen LogP) is 6.22. The van der Waals surface area contributed by atoms with Crippen LogP contribution >= 0.6 is 0 Å². The molecule has 2 aromatic rings. The van der Waals surface area contributed by atoms with E-state index in [-0.39, 0.29) is 19.0 Å². The van der Waals surface area contributed by atoms with Crippen molar-refractivity contribution in [1.82, 2.24) is 9.80 Å². The molecular formula is C24H26F6N2O2. The second-order valence-corrected chi connectivity index (χ2v) is 8.54. The number of ether oxygens (including phenoxy) is 1. The lowest BCUT2D eigenvalue weighted by Crippen LogP contribution is -2.52. The smallest absolute Gasteiger partial charge is 0.426 e. The van der Waals surface area contributed by atoms with E-state index in [4.69, 9.17) is 0 Å². The van der Waals surface area contributed by atoms with Crippen molar-refractivity contribution in [2.24, 2.45) is 0 Å². The number of amides is 1. The van der Waals surface area contributed by atoms with Crippen LogP contribution in [0, 0.1) is 0 Å². The number of benzene rings is 2. The van der Waals surface area contributed by atoms with E-state index in [0.717, 1.165) is 27.2 Å². The summed E-state index contributed by atoms with van der Waals surface area (Å²) in [6, 6.07) is 16.1. The molecule has 186 valence electrons. The molecule has 0 atom stereocenters. The van der Waals surface area contributed by atoms with E-state index in [1.165, 1.54) is 0 Å². The largest absolute Gasteiger partial charge is 0.434 e. The Morgan fingerprint density at radius 2 is 1.47 bits per heavy atom. The third kappa shape index (κ3) is 6.43. The summed E-state index contributed by atoms with van der Waals surface area (Å²) in [7, 11) is 0. The van der Waals surface area contributed by atoms with E-state index in [9.17, 15) is 31.1 Å². The number of nitrogens with zero attached hydrogens (tertiary/aromatic N) is 2. The molecule has 0 radical (unpaired) electrons. The minimum atomic E-state index is -5.73. The quantitative estimate of drug-likeness (QED) is 0.468. The van der Waals surface area contributed by atoms with Gasteiger partial charge in [-0.25, -0.2) is 4.79 Å². The molecule has 0 unspecified atom stereocenters. The number of alkyl halides is 6. The molecule has 0 N–H and O–H groups in total. The SMILES string of the molecule is CC(C)c1cc(-c2ccccc2)ccc1CN1CCN(C(=O)OC(C(F)(F)F)C(F)(F)F)CC1. The van der Waals surface area contributed by atoms with Gasteiger partial charge in [0, 0.05) is 32.7 Å². The molecule has 2 aromatic carbocycles. The number of carbonyl (C=O) groups is 1. The molecule has 0 aliphatic carbocycles. The van der Waals surface area contributed by atoms with Crippen molar-refractivity contribution in [3.63, 3.8) is 0 Å². The van der Waals surface area contributed by atoms with Gasteiger partial charge < -0.3 is 9.64 Å². The number of rotatable bonds is 5. The summed E-state index contributed by atoms with van der Waals surface area (Å²) in [4.78, 5) is 14.9. The first-order valence-corrected chi connectivity index (χ1v) is 10.9. The summed E-state index contributed by atoms with van der Waals surface area (Å²) in [5.74, 6) is 0.247. The van der Waals surface area contributed by atoms with E-state index >= 15 is 0 Å². The van der Waals surface area contributed by atoms with Gasteiger partial charge in [0.05, 0.1) is 0 Å². The van der Waals surface area contributed by atoms with E-state index in [2.05, 4.69) is 24.7 Å². The summed E-state index contributed by atoms with van der Waals surface area (Å²) < 4.78 is 79.8. The predicted molar refractivity (Wildman–Crippen MR) is 115 cm³/mol. The monoisotopic (exact) mass is 488 g/mol. The average Bonchev–Trinajstić information content (AvgIpc) is 2.77. The molecule has 3 rings (SSSR count). The van der Waals surface area contributed by atoms with Crippen LogP contribution in [0.25, 0.3) is 11.1 Å². The van der Waals surface area contributed by atoms with Crippen LogP contribution in [-0.2, 0) is 11.3 Å². The molecule has 1 saturated heterocycles. The first kappa shape index (κ1) is 25.9. The number of carbonyl (C=O) groups excluding carboxylic acids is 1. The lowest BCUT2D eigenvalue weighted by Gasteiger charge is -2.35. The van der Waals surface area contributed by atoms with Crippen LogP contribution in [-0.4, -0.2) is 60.5 Å². The van der Waals surface area contributed by atoms with Crippen molar-refractivity contribution in [2.45, 2.75) is 44.8 Å². The molecule has 1 fully saturated rings. The Balaban J connectivity index is 1.63. The zero-order chi connectivity index (χ0) is 25.1. The molecule has 1 heterocycles. The van der Waals surface area contributed by atoms with Crippen molar-refractivity contribution in [1.29, 1.82) is 0 Å². The van der Waals surface area contributed by atoms with Crippen LogP contribution in [0.3, 0.4) is 0 Å². The van der Waals surface area contributed by atoms with Crippen LogP contribution < -0.4 is 0 Å². The van der Waals surface area contributed by atoms with Crippen molar-refractivity contribution >= 4 is 6.09 Å². The maximum atomic E-state index is 12.7. The Morgan fingerprint density at radius 1 is 0.882 bits per heavy atom. The molecule has 4 nitrogen and oxygen atoms in total. The Morgan fingerprint density at radius 3 is 2.00 bits per heavy atom. The molecule has 34 heavy (non-hydrogen) atoms. The van der Waals surface area contributed by atoms with Crippen molar-refractivity contribution in [3.8, 4) is 11.1 Å². The van der Waals surface area contributed by atoms with Gasteiger partial charge in [-0.15, -0.1) is 0 Å². The highest BCUT2D eigenvalue weighted by atomic mass is 19.4. The molecule has 1 amide bonds. The zero-order valence-corrected chi connectivity index (χ0v) is 18.8. The van der Waals surface area contributed by atoms with E-state index in [0.29, 0.717) is 19.6 Å². The fourth-order valence-electron chi connectivity index (χ4n) is 3.91. The number of hydrogen-bond acceptors (Lipinski definition) is 3. The molecule has 1 aliphatic rings. The standard InChI is InChI=1S/C24H26F6N2O2/c1-16(2)20-14-18(17-6-4-3-5-7-17)8-9-19(20)15-31-10-12-32(13-11-31)22(33)34-21(23(25,26)27)24(28,29)30/h3-9,14,16,21H,10-13,15H2,1-2H3. The maximum absolute atomic E-state index is 12.7. The topological polar surface area (TPSA) is 32.8 Å². The second-order valence-electron chi connectivity index (χ2n) is 8.54. The average molecular weight is 488 g/mol. The van der Waals surface area contributed by atoms with Crippen LogP contribution in [0.4, 0.5) is 31.1 Å². The minimum Gasteiger partial charge on any atom is -0.426 e. The van der Waals surface area contributed by atoms with Crippen LogP contribution in [0.1, 0.15) is 30.9 Å². The fraction of sp³-hybridized carbons (Fsp3) is 0.458. The highest BCUT2D eigenvalue weighted by molar-refractivity contribution is 5.68. The molecule has 10 heteroatoms. The van der Waals surface area contributed by atoms with Crippen LogP contribution in [0.15, 0.2) is 48.5 Å².